The van der Waals surface area contributed by atoms with E-state index in [1.165, 1.54) is 0 Å². The molecular formula is C18H18N4O2S. The number of hydrogen-bond acceptors (Lipinski definition) is 6. The van der Waals surface area contributed by atoms with E-state index in [-0.39, 0.29) is 9.79 Å². The number of aryl methyl sites for hydroxylation is 1. The highest BCUT2D eigenvalue weighted by atomic mass is 32.2. The number of para-hydroxylation sites is 1. The van der Waals surface area contributed by atoms with Crippen molar-refractivity contribution in [3.8, 4) is 0 Å². The lowest BCUT2D eigenvalue weighted by Gasteiger charge is -2.13. The van der Waals surface area contributed by atoms with E-state index in [0.717, 1.165) is 0 Å². The lowest BCUT2D eigenvalue weighted by atomic mass is 10.2. The number of benzene rings is 2. The Balaban J connectivity index is 1.91. The molecule has 6 nitrogen and oxygen atoms in total. The lowest BCUT2D eigenvalue weighted by Crippen LogP contribution is -2.10. The van der Waals surface area contributed by atoms with E-state index in [0.29, 0.717) is 29.4 Å². The maximum atomic E-state index is 12.9. The first-order chi connectivity index (χ1) is 12.0. The Labute approximate surface area is 146 Å². The highest BCUT2D eigenvalue weighted by molar-refractivity contribution is 7.91. The number of hydrogen-bond donors (Lipinski definition) is 2. The number of sulfone groups is 1. The molecule has 7 heteroatoms. The summed E-state index contributed by atoms with van der Waals surface area (Å²) in [5, 5.41) is 3.13. The first-order valence-corrected chi connectivity index (χ1v) is 9.18. The molecule has 0 aliphatic heterocycles. The smallest absolute Gasteiger partial charge is 0.208 e. The predicted octanol–water partition coefficient (Wildman–Crippen LogP) is 2.81. The summed E-state index contributed by atoms with van der Waals surface area (Å²) < 4.78 is 25.8. The fraction of sp³-hybridized carbons (Fsp3) is 0.111. The monoisotopic (exact) mass is 354 g/mol. The van der Waals surface area contributed by atoms with E-state index in [1.54, 1.807) is 67.7 Å². The van der Waals surface area contributed by atoms with Gasteiger partial charge in [-0.05, 0) is 31.2 Å². The maximum Gasteiger partial charge on any atom is 0.208 e. The van der Waals surface area contributed by atoms with Gasteiger partial charge in [-0.2, -0.15) is 0 Å². The number of nitrogens with one attached hydrogen (secondary N) is 1. The largest absolute Gasteiger partial charge is 0.383 e. The Morgan fingerprint density at radius 2 is 1.72 bits per heavy atom. The Morgan fingerprint density at radius 1 is 1.04 bits per heavy atom. The predicted molar refractivity (Wildman–Crippen MR) is 96.8 cm³/mol. The van der Waals surface area contributed by atoms with Gasteiger partial charge in [0.05, 0.1) is 15.5 Å². The summed E-state index contributed by atoms with van der Waals surface area (Å²) in [6.45, 7) is 2.09. The number of aromatic nitrogens is 2. The Bertz CT molecular complexity index is 989. The molecule has 0 aliphatic rings. The van der Waals surface area contributed by atoms with E-state index in [1.807, 2.05) is 0 Å². The first kappa shape index (κ1) is 16.9. The molecule has 3 aromatic rings. The Kier molecular flexibility index (Phi) is 4.67. The molecule has 0 amide bonds. The van der Waals surface area contributed by atoms with Gasteiger partial charge in [0.1, 0.15) is 11.6 Å². The van der Waals surface area contributed by atoms with Gasteiger partial charge < -0.3 is 11.1 Å². The molecule has 2 aromatic carbocycles. The molecule has 0 saturated heterocycles. The van der Waals surface area contributed by atoms with Gasteiger partial charge in [0, 0.05) is 18.3 Å². The van der Waals surface area contributed by atoms with E-state index in [4.69, 9.17) is 5.73 Å². The molecule has 25 heavy (non-hydrogen) atoms. The van der Waals surface area contributed by atoms with Gasteiger partial charge in [0.25, 0.3) is 0 Å². The van der Waals surface area contributed by atoms with Crippen LogP contribution < -0.4 is 11.1 Å². The molecule has 0 atom stereocenters. The normalized spacial score (nSPS) is 11.2. The summed E-state index contributed by atoms with van der Waals surface area (Å²) >= 11 is 0. The van der Waals surface area contributed by atoms with E-state index in [9.17, 15) is 8.42 Å². The maximum absolute atomic E-state index is 12.9. The molecule has 0 fully saturated rings. The third-order valence-electron chi connectivity index (χ3n) is 3.72. The molecule has 0 bridgehead atoms. The minimum absolute atomic E-state index is 0.216. The van der Waals surface area contributed by atoms with Crippen molar-refractivity contribution in [2.75, 3.05) is 11.1 Å². The van der Waals surface area contributed by atoms with Crippen molar-refractivity contribution in [1.29, 1.82) is 0 Å². The summed E-state index contributed by atoms with van der Waals surface area (Å²) in [7, 11) is -3.62. The van der Waals surface area contributed by atoms with Crippen molar-refractivity contribution in [1.82, 2.24) is 9.97 Å². The quantitative estimate of drug-likeness (QED) is 0.731. The molecule has 0 spiro atoms. The Hall–Kier alpha value is -2.93. The second-order valence-electron chi connectivity index (χ2n) is 5.49. The van der Waals surface area contributed by atoms with Crippen LogP contribution in [0.1, 0.15) is 11.4 Å². The average Bonchev–Trinajstić information content (AvgIpc) is 2.62. The molecule has 1 aromatic heterocycles. The first-order valence-electron chi connectivity index (χ1n) is 7.69. The average molecular weight is 354 g/mol. The molecule has 0 unspecified atom stereocenters. The van der Waals surface area contributed by atoms with E-state index >= 15 is 0 Å². The summed E-state index contributed by atoms with van der Waals surface area (Å²) in [4.78, 5) is 8.70. The van der Waals surface area contributed by atoms with Crippen molar-refractivity contribution in [2.24, 2.45) is 0 Å². The van der Waals surface area contributed by atoms with Crippen molar-refractivity contribution < 1.29 is 8.42 Å². The number of nitrogens with zero attached hydrogens (tertiary/aromatic N) is 2. The van der Waals surface area contributed by atoms with Gasteiger partial charge >= 0.3 is 0 Å². The van der Waals surface area contributed by atoms with Crippen molar-refractivity contribution >= 4 is 21.3 Å². The van der Waals surface area contributed by atoms with Gasteiger partial charge in [-0.15, -0.1) is 0 Å². The standard InChI is InChI=1S/C18H18N4O2S/c1-13-20-11-14(18(19)22-13)12-21-16-9-5-6-10-17(16)25(23,24)15-7-3-2-4-8-15/h2-11,21H,12H2,1H3,(H2,19,20,22). The summed E-state index contributed by atoms with van der Waals surface area (Å²) in [5.74, 6) is 0.969. The molecule has 0 aliphatic carbocycles. The Morgan fingerprint density at radius 3 is 2.44 bits per heavy atom. The molecule has 0 saturated carbocycles. The number of nitrogen functional groups attached to an aromatic ring is 1. The molecule has 3 N–H and O–H groups in total. The lowest BCUT2D eigenvalue weighted by molar-refractivity contribution is 0.596. The number of anilines is 2. The van der Waals surface area contributed by atoms with Crippen LogP contribution in [0.3, 0.4) is 0 Å². The van der Waals surface area contributed by atoms with Gasteiger partial charge in [-0.1, -0.05) is 30.3 Å². The molecule has 1 heterocycles. The van der Waals surface area contributed by atoms with Crippen LogP contribution in [0.25, 0.3) is 0 Å². The van der Waals surface area contributed by atoms with Crippen LogP contribution in [-0.4, -0.2) is 18.4 Å². The van der Waals surface area contributed by atoms with Crippen molar-refractivity contribution in [2.45, 2.75) is 23.3 Å². The molecule has 128 valence electrons. The van der Waals surface area contributed by atoms with Gasteiger partial charge in [0.15, 0.2) is 0 Å². The van der Waals surface area contributed by atoms with Crippen LogP contribution in [-0.2, 0) is 16.4 Å². The van der Waals surface area contributed by atoms with Crippen molar-refractivity contribution in [3.63, 3.8) is 0 Å². The highest BCUT2D eigenvalue weighted by Crippen LogP contribution is 2.28. The van der Waals surface area contributed by atoms with Crippen molar-refractivity contribution in [3.05, 3.63) is 72.2 Å². The van der Waals surface area contributed by atoms with Crippen LogP contribution in [0.4, 0.5) is 11.5 Å². The van der Waals surface area contributed by atoms with Gasteiger partial charge in [0.2, 0.25) is 9.84 Å². The number of rotatable bonds is 5. The fourth-order valence-electron chi connectivity index (χ4n) is 2.41. The second kappa shape index (κ2) is 6.90. The number of nitrogens with two attached hydrogens (primary N) is 1. The zero-order valence-corrected chi connectivity index (χ0v) is 14.5. The second-order valence-corrected chi connectivity index (χ2v) is 7.41. The van der Waals surface area contributed by atoms with Crippen LogP contribution in [0.2, 0.25) is 0 Å². The topological polar surface area (TPSA) is 98.0 Å². The van der Waals surface area contributed by atoms with Crippen LogP contribution in [0.15, 0.2) is 70.6 Å². The molecule has 3 rings (SSSR count). The summed E-state index contributed by atoms with van der Waals surface area (Å²) in [6, 6.07) is 15.1. The van der Waals surface area contributed by atoms with Crippen LogP contribution in [0.5, 0.6) is 0 Å². The third-order valence-corrected chi connectivity index (χ3v) is 5.55. The van der Waals surface area contributed by atoms with Crippen LogP contribution in [0, 0.1) is 6.92 Å². The SMILES string of the molecule is Cc1ncc(CNc2ccccc2S(=O)(=O)c2ccccc2)c(N)n1. The molecule has 0 radical (unpaired) electrons. The van der Waals surface area contributed by atoms with E-state index < -0.39 is 9.84 Å². The van der Waals surface area contributed by atoms with Crippen LogP contribution >= 0.6 is 0 Å². The van der Waals surface area contributed by atoms with Gasteiger partial charge in [-0.25, -0.2) is 18.4 Å². The minimum Gasteiger partial charge on any atom is -0.383 e. The third kappa shape index (κ3) is 3.61. The zero-order valence-electron chi connectivity index (χ0n) is 13.7. The summed E-state index contributed by atoms with van der Waals surface area (Å²) in [6.07, 6.45) is 1.64. The van der Waals surface area contributed by atoms with Gasteiger partial charge in [-0.3, -0.25) is 0 Å². The molecular weight excluding hydrogens is 336 g/mol. The van der Waals surface area contributed by atoms with E-state index in [2.05, 4.69) is 15.3 Å². The summed E-state index contributed by atoms with van der Waals surface area (Å²) in [5.41, 5.74) is 7.10. The minimum atomic E-state index is -3.62. The zero-order chi connectivity index (χ0) is 17.9. The fourth-order valence-corrected chi connectivity index (χ4v) is 3.87. The highest BCUT2D eigenvalue weighted by Gasteiger charge is 2.20.